The molecular formula is C19H24N2. The fourth-order valence-electron chi connectivity index (χ4n) is 3.17. The number of aryl methyl sites for hydroxylation is 1. The highest BCUT2D eigenvalue weighted by Crippen LogP contribution is 2.35. The summed E-state index contributed by atoms with van der Waals surface area (Å²) in [5, 5.41) is 3.77. The first-order valence-electron chi connectivity index (χ1n) is 7.76. The molecule has 0 bridgehead atoms. The number of nitrogens with zero attached hydrogens (tertiary/aromatic N) is 1. The lowest BCUT2D eigenvalue weighted by molar-refractivity contribution is 0.321. The molecule has 0 radical (unpaired) electrons. The normalized spacial score (nSPS) is 18.6. The van der Waals surface area contributed by atoms with E-state index in [0.717, 1.165) is 0 Å². The van der Waals surface area contributed by atoms with E-state index in [9.17, 15) is 0 Å². The van der Waals surface area contributed by atoms with E-state index in [-0.39, 0.29) is 0 Å². The van der Waals surface area contributed by atoms with Crippen molar-refractivity contribution in [1.29, 1.82) is 0 Å². The lowest BCUT2D eigenvalue weighted by Gasteiger charge is -2.25. The minimum absolute atomic E-state index is 0.408. The van der Waals surface area contributed by atoms with Crippen LogP contribution >= 0.6 is 0 Å². The summed E-state index contributed by atoms with van der Waals surface area (Å²) in [5.74, 6) is 0. The maximum Gasteiger partial charge on any atom is 0.0519 e. The van der Waals surface area contributed by atoms with Crippen LogP contribution in [0.25, 0.3) is 0 Å². The van der Waals surface area contributed by atoms with Crippen molar-refractivity contribution in [2.24, 2.45) is 0 Å². The molecule has 3 rings (SSSR count). The van der Waals surface area contributed by atoms with Crippen molar-refractivity contribution in [2.45, 2.75) is 31.8 Å². The summed E-state index contributed by atoms with van der Waals surface area (Å²) in [6.07, 6.45) is 2.36. The molecule has 2 nitrogen and oxygen atoms in total. The summed E-state index contributed by atoms with van der Waals surface area (Å²) in [4.78, 5) is 2.25. The third-order valence-electron chi connectivity index (χ3n) is 4.65. The van der Waals surface area contributed by atoms with E-state index in [4.69, 9.17) is 0 Å². The van der Waals surface area contributed by atoms with Gasteiger partial charge in [-0.1, -0.05) is 42.5 Å². The van der Waals surface area contributed by atoms with Crippen LogP contribution in [0.1, 0.15) is 42.1 Å². The van der Waals surface area contributed by atoms with Gasteiger partial charge in [-0.05, 0) is 56.6 Å². The van der Waals surface area contributed by atoms with E-state index < -0.39 is 0 Å². The molecule has 0 fully saturated rings. The molecule has 2 heteroatoms. The Morgan fingerprint density at radius 1 is 1.05 bits per heavy atom. The molecule has 0 spiro atoms. The van der Waals surface area contributed by atoms with Crippen LogP contribution in [0.5, 0.6) is 0 Å². The summed E-state index contributed by atoms with van der Waals surface area (Å²) in [5.41, 5.74) is 5.59. The molecule has 0 amide bonds. The summed E-state index contributed by atoms with van der Waals surface area (Å²) < 4.78 is 0. The van der Waals surface area contributed by atoms with E-state index in [2.05, 4.69) is 79.8 Å². The van der Waals surface area contributed by atoms with Crippen molar-refractivity contribution in [3.8, 4) is 0 Å². The van der Waals surface area contributed by atoms with Crippen LogP contribution in [0.3, 0.4) is 0 Å². The smallest absolute Gasteiger partial charge is 0.0519 e. The molecule has 21 heavy (non-hydrogen) atoms. The molecule has 2 aromatic carbocycles. The largest absolute Gasteiger partial charge is 0.378 e. The Morgan fingerprint density at radius 2 is 1.76 bits per heavy atom. The number of anilines is 1. The fourth-order valence-corrected chi connectivity index (χ4v) is 3.17. The van der Waals surface area contributed by atoms with Gasteiger partial charge in [0.15, 0.2) is 0 Å². The van der Waals surface area contributed by atoms with Gasteiger partial charge in [0.2, 0.25) is 0 Å². The van der Waals surface area contributed by atoms with E-state index in [1.165, 1.54) is 35.2 Å². The molecular weight excluding hydrogens is 256 g/mol. The van der Waals surface area contributed by atoms with Crippen molar-refractivity contribution in [3.63, 3.8) is 0 Å². The Morgan fingerprint density at radius 3 is 2.57 bits per heavy atom. The topological polar surface area (TPSA) is 15.3 Å². The van der Waals surface area contributed by atoms with Gasteiger partial charge in [0.05, 0.1) is 6.04 Å². The van der Waals surface area contributed by atoms with Gasteiger partial charge in [0, 0.05) is 11.7 Å². The van der Waals surface area contributed by atoms with Gasteiger partial charge in [-0.2, -0.15) is 0 Å². The maximum atomic E-state index is 3.77. The van der Waals surface area contributed by atoms with Gasteiger partial charge in [-0.3, -0.25) is 0 Å². The third-order valence-corrected chi connectivity index (χ3v) is 4.65. The van der Waals surface area contributed by atoms with Gasteiger partial charge < -0.3 is 10.2 Å². The van der Waals surface area contributed by atoms with Crippen LogP contribution in [0.4, 0.5) is 5.69 Å². The van der Waals surface area contributed by atoms with Crippen LogP contribution in [0, 0.1) is 0 Å². The van der Waals surface area contributed by atoms with Gasteiger partial charge in [-0.15, -0.1) is 0 Å². The monoisotopic (exact) mass is 280 g/mol. The zero-order valence-electron chi connectivity index (χ0n) is 13.1. The molecule has 0 saturated carbocycles. The molecule has 0 saturated heterocycles. The quantitative estimate of drug-likeness (QED) is 0.892. The summed E-state index contributed by atoms with van der Waals surface area (Å²) in [7, 11) is 4.26. The molecule has 2 atom stereocenters. The highest BCUT2D eigenvalue weighted by atomic mass is 15.1. The first kappa shape index (κ1) is 14.2. The van der Waals surface area contributed by atoms with Crippen molar-refractivity contribution in [2.75, 3.05) is 19.4 Å². The Bertz CT molecular complexity index is 618. The SMILES string of the molecule is C[C@H](c1ccccc1N[C@@H]1CCc2ccccc21)N(C)C. The number of fused-ring (bicyclic) bond motifs is 1. The zero-order valence-corrected chi connectivity index (χ0v) is 13.1. The second kappa shape index (κ2) is 5.90. The molecule has 0 aromatic heterocycles. The lowest BCUT2D eigenvalue weighted by Crippen LogP contribution is -2.19. The van der Waals surface area contributed by atoms with Crippen LogP contribution in [-0.2, 0) is 6.42 Å². The third kappa shape index (κ3) is 2.81. The Labute approximate surface area is 127 Å². The predicted molar refractivity (Wildman–Crippen MR) is 89.7 cm³/mol. The maximum absolute atomic E-state index is 3.77. The Hall–Kier alpha value is -1.80. The van der Waals surface area contributed by atoms with Gasteiger partial charge in [0.25, 0.3) is 0 Å². The van der Waals surface area contributed by atoms with Crippen molar-refractivity contribution >= 4 is 5.69 Å². The second-order valence-corrected chi connectivity index (χ2v) is 6.16. The van der Waals surface area contributed by atoms with Crippen LogP contribution in [0.15, 0.2) is 48.5 Å². The molecule has 2 aromatic rings. The molecule has 0 aliphatic heterocycles. The van der Waals surface area contributed by atoms with Gasteiger partial charge in [-0.25, -0.2) is 0 Å². The number of nitrogens with one attached hydrogen (secondary N) is 1. The molecule has 110 valence electrons. The van der Waals surface area contributed by atoms with Crippen LogP contribution < -0.4 is 5.32 Å². The number of hydrogen-bond donors (Lipinski definition) is 1. The zero-order chi connectivity index (χ0) is 14.8. The fraction of sp³-hybridized carbons (Fsp3) is 0.368. The predicted octanol–water partition coefficient (Wildman–Crippen LogP) is 4.41. The lowest BCUT2D eigenvalue weighted by atomic mass is 10.0. The van der Waals surface area contributed by atoms with Gasteiger partial charge >= 0.3 is 0 Å². The minimum Gasteiger partial charge on any atom is -0.378 e. The number of hydrogen-bond acceptors (Lipinski definition) is 2. The van der Waals surface area contributed by atoms with E-state index in [1.54, 1.807) is 0 Å². The van der Waals surface area contributed by atoms with E-state index in [1.807, 2.05) is 0 Å². The van der Waals surface area contributed by atoms with Crippen molar-refractivity contribution in [1.82, 2.24) is 4.90 Å². The molecule has 1 aliphatic carbocycles. The minimum atomic E-state index is 0.408. The number of rotatable bonds is 4. The second-order valence-electron chi connectivity index (χ2n) is 6.16. The highest BCUT2D eigenvalue weighted by Gasteiger charge is 2.23. The van der Waals surface area contributed by atoms with E-state index in [0.29, 0.717) is 12.1 Å². The molecule has 1 aliphatic rings. The van der Waals surface area contributed by atoms with Crippen LogP contribution in [-0.4, -0.2) is 19.0 Å². The average molecular weight is 280 g/mol. The summed E-state index contributed by atoms with van der Waals surface area (Å²) in [6, 6.07) is 18.3. The average Bonchev–Trinajstić information content (AvgIpc) is 2.90. The van der Waals surface area contributed by atoms with Gasteiger partial charge in [0.1, 0.15) is 0 Å². The first-order chi connectivity index (χ1) is 10.2. The molecule has 0 heterocycles. The summed E-state index contributed by atoms with van der Waals surface area (Å²) in [6.45, 7) is 2.25. The standard InChI is InChI=1S/C19H24N2/c1-14(21(2)3)16-9-6-7-11-18(16)20-19-13-12-15-8-4-5-10-17(15)19/h4-11,14,19-20H,12-13H2,1-3H3/t14-,19-/m1/s1. The highest BCUT2D eigenvalue weighted by molar-refractivity contribution is 5.55. The van der Waals surface area contributed by atoms with E-state index >= 15 is 0 Å². The molecule has 1 N–H and O–H groups in total. The van der Waals surface area contributed by atoms with Crippen molar-refractivity contribution in [3.05, 3.63) is 65.2 Å². The first-order valence-corrected chi connectivity index (χ1v) is 7.76. The Kier molecular flexibility index (Phi) is 3.98. The summed E-state index contributed by atoms with van der Waals surface area (Å²) >= 11 is 0. The number of benzene rings is 2. The molecule has 0 unspecified atom stereocenters. The number of para-hydroxylation sites is 1. The van der Waals surface area contributed by atoms with Crippen molar-refractivity contribution < 1.29 is 0 Å². The Balaban J connectivity index is 1.87. The van der Waals surface area contributed by atoms with Crippen LogP contribution in [0.2, 0.25) is 0 Å².